The number of piperazine rings is 1. The van der Waals surface area contributed by atoms with E-state index in [0.29, 0.717) is 41.8 Å². The van der Waals surface area contributed by atoms with Crippen LogP contribution in [0.1, 0.15) is 51.6 Å². The molecule has 0 radical (unpaired) electrons. The molecule has 7 nitrogen and oxygen atoms in total. The van der Waals surface area contributed by atoms with Crippen LogP contribution >= 0.6 is 0 Å². The lowest BCUT2D eigenvalue weighted by atomic mass is 9.94. The molecule has 1 unspecified atom stereocenters. The zero-order valence-corrected chi connectivity index (χ0v) is 22.3. The Morgan fingerprint density at radius 2 is 1.82 bits per heavy atom. The Labute approximate surface area is 224 Å². The van der Waals surface area contributed by atoms with Crippen LogP contribution in [-0.2, 0) is 7.05 Å². The number of pyridine rings is 2. The molecule has 1 aliphatic heterocycles. The molecule has 0 N–H and O–H groups in total. The molecule has 0 aliphatic carbocycles. The monoisotopic (exact) mass is 545 g/mol. The minimum Gasteiger partial charge on any atom is -0.406 e. The Morgan fingerprint density at radius 1 is 1.10 bits per heavy atom. The standard InChI is InChI=1S/C28H31F4N5O2/c1-6-17-16-37(24-14-26(38)35(5)23-11-12-25(33-4)34-27(23)24)18(7-2)15-36(17)22(8-3)20-10-9-19(13-21(20)29)39-28(30,31)32/h9-14,17-18,22H,6-8,15-16H2,1-3,5H3/t17-,18+,22?/m1/s1. The third-order valence-corrected chi connectivity index (χ3v) is 7.51. The highest BCUT2D eigenvalue weighted by Gasteiger charge is 2.38. The first-order chi connectivity index (χ1) is 18.5. The van der Waals surface area contributed by atoms with Crippen molar-refractivity contribution in [1.29, 1.82) is 0 Å². The van der Waals surface area contributed by atoms with Gasteiger partial charge in [-0.2, -0.15) is 0 Å². The summed E-state index contributed by atoms with van der Waals surface area (Å²) in [5, 5.41) is 0. The second kappa shape index (κ2) is 11.2. The molecule has 3 heterocycles. The van der Waals surface area contributed by atoms with Crippen LogP contribution in [0.3, 0.4) is 0 Å². The molecule has 208 valence electrons. The third kappa shape index (κ3) is 5.71. The maximum atomic E-state index is 15.1. The summed E-state index contributed by atoms with van der Waals surface area (Å²) in [6.07, 6.45) is -2.90. The molecule has 3 atom stereocenters. The quantitative estimate of drug-likeness (QED) is 0.256. The number of rotatable bonds is 7. The molecule has 1 saturated heterocycles. The van der Waals surface area contributed by atoms with Gasteiger partial charge in [0.2, 0.25) is 5.52 Å². The van der Waals surface area contributed by atoms with Gasteiger partial charge in [-0.15, -0.1) is 18.2 Å². The number of alkyl halides is 3. The molecule has 1 aromatic carbocycles. The molecule has 3 aromatic rings. The lowest BCUT2D eigenvalue weighted by molar-refractivity contribution is -0.274. The summed E-state index contributed by atoms with van der Waals surface area (Å²) >= 11 is 0. The smallest absolute Gasteiger partial charge is 0.406 e. The molecule has 0 bridgehead atoms. The average molecular weight is 546 g/mol. The number of anilines is 1. The van der Waals surface area contributed by atoms with Crippen molar-refractivity contribution >= 4 is 22.5 Å². The van der Waals surface area contributed by atoms with Crippen LogP contribution < -0.4 is 15.2 Å². The second-order valence-electron chi connectivity index (χ2n) is 9.70. The first-order valence-corrected chi connectivity index (χ1v) is 13.0. The number of hydrogen-bond acceptors (Lipinski definition) is 5. The maximum Gasteiger partial charge on any atom is 0.573 e. The van der Waals surface area contributed by atoms with Gasteiger partial charge in [0, 0.05) is 56.0 Å². The van der Waals surface area contributed by atoms with Gasteiger partial charge >= 0.3 is 6.36 Å². The molecule has 0 saturated carbocycles. The first-order valence-electron chi connectivity index (χ1n) is 13.0. The lowest BCUT2D eigenvalue weighted by Crippen LogP contribution is -2.59. The predicted octanol–water partition coefficient (Wildman–Crippen LogP) is 6.35. The van der Waals surface area contributed by atoms with E-state index in [1.54, 1.807) is 25.2 Å². The van der Waals surface area contributed by atoms with Gasteiger partial charge < -0.3 is 19.0 Å². The summed E-state index contributed by atoms with van der Waals surface area (Å²) in [7, 11) is 1.67. The summed E-state index contributed by atoms with van der Waals surface area (Å²) in [6, 6.07) is 7.74. The zero-order valence-electron chi connectivity index (χ0n) is 22.3. The van der Waals surface area contributed by atoms with Crippen molar-refractivity contribution in [3.8, 4) is 5.75 Å². The van der Waals surface area contributed by atoms with Crippen molar-refractivity contribution in [2.24, 2.45) is 7.05 Å². The van der Waals surface area contributed by atoms with Crippen LogP contribution in [0.4, 0.5) is 29.1 Å². The van der Waals surface area contributed by atoms with Crippen LogP contribution in [0.25, 0.3) is 15.9 Å². The molecule has 39 heavy (non-hydrogen) atoms. The van der Waals surface area contributed by atoms with Gasteiger partial charge in [0.25, 0.3) is 11.4 Å². The molecular weight excluding hydrogens is 514 g/mol. The predicted molar refractivity (Wildman–Crippen MR) is 142 cm³/mol. The normalized spacial score (nSPS) is 19.2. The highest BCUT2D eigenvalue weighted by Crippen LogP contribution is 2.37. The molecule has 2 aromatic heterocycles. The summed E-state index contributed by atoms with van der Waals surface area (Å²) in [6.45, 7) is 14.5. The number of nitrogens with zero attached hydrogens (tertiary/aromatic N) is 5. The van der Waals surface area contributed by atoms with E-state index in [4.69, 9.17) is 6.57 Å². The Hall–Kier alpha value is -3.65. The minimum atomic E-state index is -4.90. The van der Waals surface area contributed by atoms with E-state index >= 15 is 4.39 Å². The fourth-order valence-electron chi connectivity index (χ4n) is 5.55. The van der Waals surface area contributed by atoms with Crippen molar-refractivity contribution in [2.75, 3.05) is 18.0 Å². The van der Waals surface area contributed by atoms with Crippen LogP contribution in [0.2, 0.25) is 0 Å². The van der Waals surface area contributed by atoms with E-state index in [9.17, 15) is 18.0 Å². The highest BCUT2D eigenvalue weighted by molar-refractivity contribution is 5.89. The number of hydrogen-bond donors (Lipinski definition) is 0. The molecule has 11 heteroatoms. The number of fused-ring (bicyclic) bond motifs is 1. The van der Waals surface area contributed by atoms with Gasteiger partial charge in [-0.1, -0.05) is 33.4 Å². The largest absolute Gasteiger partial charge is 0.573 e. The second-order valence-corrected chi connectivity index (χ2v) is 9.70. The van der Waals surface area contributed by atoms with E-state index in [2.05, 4.69) is 24.4 Å². The van der Waals surface area contributed by atoms with Gasteiger partial charge in [0.1, 0.15) is 11.6 Å². The first kappa shape index (κ1) is 28.4. The van der Waals surface area contributed by atoms with E-state index in [-0.39, 0.29) is 29.5 Å². The van der Waals surface area contributed by atoms with E-state index in [1.807, 2.05) is 20.8 Å². The van der Waals surface area contributed by atoms with Gasteiger partial charge in [-0.25, -0.2) is 4.39 Å². The molecule has 4 rings (SSSR count). The number of aryl methyl sites for hydroxylation is 1. The van der Waals surface area contributed by atoms with Gasteiger partial charge in [-0.3, -0.25) is 9.69 Å². The van der Waals surface area contributed by atoms with E-state index < -0.39 is 17.9 Å². The Bertz CT molecular complexity index is 1450. The maximum absolute atomic E-state index is 15.1. The highest BCUT2D eigenvalue weighted by atomic mass is 19.4. The van der Waals surface area contributed by atoms with Crippen molar-refractivity contribution in [3.05, 3.63) is 69.5 Å². The molecule has 0 amide bonds. The zero-order chi connectivity index (χ0) is 28.5. The average Bonchev–Trinajstić information content (AvgIpc) is 2.90. The molecular formula is C28H31F4N5O2. The van der Waals surface area contributed by atoms with Gasteiger partial charge in [0.05, 0.1) is 11.2 Å². The van der Waals surface area contributed by atoms with E-state index in [0.717, 1.165) is 25.0 Å². The number of aromatic nitrogens is 2. The molecule has 0 spiro atoms. The fraction of sp³-hybridized carbons (Fsp3) is 0.464. The Kier molecular flexibility index (Phi) is 8.16. The Morgan fingerprint density at radius 3 is 2.41 bits per heavy atom. The number of benzene rings is 1. The van der Waals surface area contributed by atoms with Crippen molar-refractivity contribution < 1.29 is 22.3 Å². The van der Waals surface area contributed by atoms with Crippen molar-refractivity contribution in [1.82, 2.24) is 14.5 Å². The van der Waals surface area contributed by atoms with Crippen LogP contribution in [0.5, 0.6) is 5.75 Å². The summed E-state index contributed by atoms with van der Waals surface area (Å²) in [5.74, 6) is -1.10. The van der Waals surface area contributed by atoms with Crippen LogP contribution in [0.15, 0.2) is 41.2 Å². The molecule has 1 aliphatic rings. The van der Waals surface area contributed by atoms with Crippen molar-refractivity contribution in [2.45, 2.75) is 64.5 Å². The van der Waals surface area contributed by atoms with Crippen LogP contribution in [-0.4, -0.2) is 46.0 Å². The SMILES string of the molecule is [C-]#[N+]c1ccc2c(n1)c(N1C[C@@H](CC)N(C(CC)c3ccc(OC(F)(F)F)cc3F)C[C@@H]1CC)cc(=O)n2C. The summed E-state index contributed by atoms with van der Waals surface area (Å²) < 4.78 is 58.5. The number of ether oxygens (including phenoxy) is 1. The topological polar surface area (TPSA) is 55.0 Å². The van der Waals surface area contributed by atoms with E-state index in [1.165, 1.54) is 10.6 Å². The molecule has 1 fully saturated rings. The summed E-state index contributed by atoms with van der Waals surface area (Å²) in [5.41, 5.74) is 2.00. The van der Waals surface area contributed by atoms with Crippen molar-refractivity contribution in [3.63, 3.8) is 0 Å². The van der Waals surface area contributed by atoms with Crippen LogP contribution in [0, 0.1) is 12.4 Å². The third-order valence-electron chi connectivity index (χ3n) is 7.51. The van der Waals surface area contributed by atoms with Gasteiger partial charge in [-0.05, 0) is 37.5 Å². The lowest BCUT2D eigenvalue weighted by Gasteiger charge is -2.50. The minimum absolute atomic E-state index is 0.0357. The van der Waals surface area contributed by atoms with Gasteiger partial charge in [0.15, 0.2) is 0 Å². The fourth-order valence-corrected chi connectivity index (χ4v) is 5.55. The Balaban J connectivity index is 1.72. The number of halogens is 4. The summed E-state index contributed by atoms with van der Waals surface area (Å²) in [4.78, 5) is 25.3.